The third-order valence-electron chi connectivity index (χ3n) is 3.73. The van der Waals surface area contributed by atoms with Crippen LogP contribution in [0.4, 0.5) is 19.3 Å². The summed E-state index contributed by atoms with van der Waals surface area (Å²) >= 11 is 0. The minimum Gasteiger partial charge on any atom is -0.394 e. The standard InChI is InChI=1S/C18H28F2N2O3/c1-2-3-4-5-6-9-22(10-12-25-13-11-23)18(24)21-17-8-7-15(19)14-16(17)20/h7-8,14,23H,2-6,9-13H2,1H3,(H,21,24). The van der Waals surface area contributed by atoms with E-state index in [0.717, 1.165) is 44.2 Å². The van der Waals surface area contributed by atoms with E-state index in [0.29, 0.717) is 13.1 Å². The molecule has 0 saturated heterocycles. The van der Waals surface area contributed by atoms with Crippen molar-refractivity contribution in [2.75, 3.05) is 38.2 Å². The molecule has 7 heteroatoms. The number of nitrogens with zero attached hydrogens (tertiary/aromatic N) is 1. The summed E-state index contributed by atoms with van der Waals surface area (Å²) in [5, 5.41) is 11.2. The number of rotatable bonds is 12. The van der Waals surface area contributed by atoms with Crippen LogP contribution in [0.5, 0.6) is 0 Å². The normalized spacial score (nSPS) is 10.7. The van der Waals surface area contributed by atoms with Gasteiger partial charge < -0.3 is 20.1 Å². The number of halogens is 2. The van der Waals surface area contributed by atoms with Gasteiger partial charge in [0.25, 0.3) is 0 Å². The van der Waals surface area contributed by atoms with Crippen LogP contribution in [-0.2, 0) is 4.74 Å². The van der Waals surface area contributed by atoms with Gasteiger partial charge in [0.05, 0.1) is 25.5 Å². The Labute approximate surface area is 148 Å². The lowest BCUT2D eigenvalue weighted by atomic mass is 10.1. The monoisotopic (exact) mass is 358 g/mol. The number of ether oxygens (including phenoxy) is 1. The van der Waals surface area contributed by atoms with Gasteiger partial charge in [-0.1, -0.05) is 32.6 Å². The molecule has 0 aliphatic rings. The van der Waals surface area contributed by atoms with Crippen LogP contribution in [0.2, 0.25) is 0 Å². The molecule has 0 radical (unpaired) electrons. The molecule has 25 heavy (non-hydrogen) atoms. The molecule has 0 aromatic heterocycles. The maximum atomic E-state index is 13.7. The Hall–Kier alpha value is -1.73. The van der Waals surface area contributed by atoms with Crippen molar-refractivity contribution < 1.29 is 23.4 Å². The number of benzene rings is 1. The van der Waals surface area contributed by atoms with E-state index in [4.69, 9.17) is 9.84 Å². The lowest BCUT2D eigenvalue weighted by Gasteiger charge is -2.23. The molecule has 0 saturated carbocycles. The van der Waals surface area contributed by atoms with Gasteiger partial charge in [-0.15, -0.1) is 0 Å². The van der Waals surface area contributed by atoms with Crippen molar-refractivity contribution in [2.45, 2.75) is 39.0 Å². The van der Waals surface area contributed by atoms with Crippen LogP contribution < -0.4 is 5.32 Å². The minimum atomic E-state index is -0.812. The molecule has 142 valence electrons. The first-order valence-electron chi connectivity index (χ1n) is 8.78. The highest BCUT2D eigenvalue weighted by Gasteiger charge is 2.15. The van der Waals surface area contributed by atoms with Crippen molar-refractivity contribution in [3.63, 3.8) is 0 Å². The zero-order valence-electron chi connectivity index (χ0n) is 14.8. The van der Waals surface area contributed by atoms with Crippen LogP contribution in [0.3, 0.4) is 0 Å². The van der Waals surface area contributed by atoms with Gasteiger partial charge in [0, 0.05) is 19.2 Å². The van der Waals surface area contributed by atoms with Crippen molar-refractivity contribution >= 4 is 11.7 Å². The molecular weight excluding hydrogens is 330 g/mol. The molecule has 0 aliphatic heterocycles. The molecule has 2 N–H and O–H groups in total. The first-order chi connectivity index (χ1) is 12.1. The number of carbonyl (C=O) groups excluding carboxylic acids is 1. The summed E-state index contributed by atoms with van der Waals surface area (Å²) in [6, 6.07) is 2.57. The zero-order chi connectivity index (χ0) is 18.5. The Morgan fingerprint density at radius 1 is 1.16 bits per heavy atom. The van der Waals surface area contributed by atoms with Crippen molar-refractivity contribution in [1.29, 1.82) is 0 Å². The molecule has 0 spiro atoms. The summed E-state index contributed by atoms with van der Waals surface area (Å²) in [7, 11) is 0. The molecule has 0 aliphatic carbocycles. The molecule has 5 nitrogen and oxygen atoms in total. The SMILES string of the molecule is CCCCCCCN(CCOCCO)C(=O)Nc1ccc(F)cc1F. The molecule has 0 fully saturated rings. The van der Waals surface area contributed by atoms with Crippen molar-refractivity contribution in [3.05, 3.63) is 29.8 Å². The van der Waals surface area contributed by atoms with E-state index in [9.17, 15) is 13.6 Å². The third-order valence-corrected chi connectivity index (χ3v) is 3.73. The molecule has 1 aromatic rings. The van der Waals surface area contributed by atoms with E-state index in [-0.39, 0.29) is 25.5 Å². The number of aliphatic hydroxyl groups excluding tert-OH is 1. The fourth-order valence-corrected chi connectivity index (χ4v) is 2.35. The summed E-state index contributed by atoms with van der Waals surface area (Å²) in [5.74, 6) is -1.51. The highest BCUT2D eigenvalue weighted by molar-refractivity contribution is 5.89. The van der Waals surface area contributed by atoms with Crippen molar-refractivity contribution in [1.82, 2.24) is 4.90 Å². The Balaban J connectivity index is 2.56. The number of hydrogen-bond donors (Lipinski definition) is 2. The second-order valence-corrected chi connectivity index (χ2v) is 5.79. The number of unbranched alkanes of at least 4 members (excludes halogenated alkanes) is 4. The van der Waals surface area contributed by atoms with E-state index in [1.807, 2.05) is 0 Å². The van der Waals surface area contributed by atoms with E-state index in [1.165, 1.54) is 6.07 Å². The van der Waals surface area contributed by atoms with Crippen molar-refractivity contribution in [2.24, 2.45) is 0 Å². The van der Waals surface area contributed by atoms with Crippen LogP contribution in [0.25, 0.3) is 0 Å². The topological polar surface area (TPSA) is 61.8 Å². The van der Waals surface area contributed by atoms with Crippen LogP contribution in [0.15, 0.2) is 18.2 Å². The average molecular weight is 358 g/mol. The fourth-order valence-electron chi connectivity index (χ4n) is 2.35. The molecule has 0 atom stereocenters. The molecular formula is C18H28F2N2O3. The Morgan fingerprint density at radius 3 is 2.60 bits per heavy atom. The highest BCUT2D eigenvalue weighted by Crippen LogP contribution is 2.16. The molecule has 1 rings (SSSR count). The highest BCUT2D eigenvalue weighted by atomic mass is 19.1. The summed E-state index contributed by atoms with van der Waals surface area (Å²) in [5.41, 5.74) is -0.0568. The van der Waals surface area contributed by atoms with Gasteiger partial charge in [-0.25, -0.2) is 13.6 Å². The number of amides is 2. The molecule has 0 unspecified atom stereocenters. The largest absolute Gasteiger partial charge is 0.394 e. The van der Waals surface area contributed by atoms with Crippen LogP contribution in [0.1, 0.15) is 39.0 Å². The number of anilines is 1. The Morgan fingerprint density at radius 2 is 1.92 bits per heavy atom. The van der Waals surface area contributed by atoms with Gasteiger partial charge in [-0.2, -0.15) is 0 Å². The Bertz CT molecular complexity index is 515. The van der Waals surface area contributed by atoms with Crippen molar-refractivity contribution in [3.8, 4) is 0 Å². The van der Waals surface area contributed by atoms with Gasteiger partial charge in [0.2, 0.25) is 0 Å². The molecule has 0 heterocycles. The van der Waals surface area contributed by atoms with E-state index in [1.54, 1.807) is 4.90 Å². The predicted octanol–water partition coefficient (Wildman–Crippen LogP) is 3.78. The number of hydrogen-bond acceptors (Lipinski definition) is 3. The summed E-state index contributed by atoms with van der Waals surface area (Å²) < 4.78 is 31.8. The first-order valence-corrected chi connectivity index (χ1v) is 8.78. The number of urea groups is 1. The van der Waals surface area contributed by atoms with E-state index >= 15 is 0 Å². The maximum absolute atomic E-state index is 13.7. The van der Waals surface area contributed by atoms with Crippen LogP contribution in [0, 0.1) is 11.6 Å². The summed E-state index contributed by atoms with van der Waals surface area (Å²) in [6.45, 7) is 3.41. The summed E-state index contributed by atoms with van der Waals surface area (Å²) in [4.78, 5) is 13.9. The number of aliphatic hydroxyl groups is 1. The quantitative estimate of drug-likeness (QED) is 0.559. The van der Waals surface area contributed by atoms with Gasteiger partial charge in [0.1, 0.15) is 11.6 Å². The lowest BCUT2D eigenvalue weighted by Crippen LogP contribution is -2.38. The van der Waals surface area contributed by atoms with Crippen LogP contribution in [-0.4, -0.2) is 48.9 Å². The predicted molar refractivity (Wildman–Crippen MR) is 93.6 cm³/mol. The zero-order valence-corrected chi connectivity index (χ0v) is 14.8. The van der Waals surface area contributed by atoms with E-state index in [2.05, 4.69) is 12.2 Å². The molecule has 0 bridgehead atoms. The molecule has 1 aromatic carbocycles. The maximum Gasteiger partial charge on any atom is 0.322 e. The fraction of sp³-hybridized carbons (Fsp3) is 0.611. The second kappa shape index (κ2) is 12.6. The Kier molecular flexibility index (Phi) is 10.7. The smallest absolute Gasteiger partial charge is 0.322 e. The van der Waals surface area contributed by atoms with Gasteiger partial charge in [0.15, 0.2) is 0 Å². The van der Waals surface area contributed by atoms with E-state index < -0.39 is 17.7 Å². The third kappa shape index (κ3) is 8.79. The minimum absolute atomic E-state index is 0.0568. The number of nitrogens with one attached hydrogen (secondary N) is 1. The lowest BCUT2D eigenvalue weighted by molar-refractivity contribution is 0.0797. The van der Waals surface area contributed by atoms with Gasteiger partial charge >= 0.3 is 6.03 Å². The van der Waals surface area contributed by atoms with Gasteiger partial charge in [-0.05, 0) is 18.6 Å². The van der Waals surface area contributed by atoms with Gasteiger partial charge in [-0.3, -0.25) is 0 Å². The average Bonchev–Trinajstić information content (AvgIpc) is 2.59. The number of carbonyl (C=O) groups is 1. The second-order valence-electron chi connectivity index (χ2n) is 5.79. The summed E-state index contributed by atoms with van der Waals surface area (Å²) in [6.07, 6.45) is 5.27. The van der Waals surface area contributed by atoms with Crippen LogP contribution >= 0.6 is 0 Å². The first kappa shape index (κ1) is 21.3. The molecule has 2 amide bonds.